The molecule has 3 rings (SSSR count). The van der Waals surface area contributed by atoms with Crippen molar-refractivity contribution < 1.29 is 9.31 Å². The maximum atomic E-state index is 6.44. The highest BCUT2D eigenvalue weighted by molar-refractivity contribution is 7.04. The fraction of sp³-hybridized carbons (Fsp3) is 0.571. The van der Waals surface area contributed by atoms with Crippen LogP contribution >= 0.6 is 0 Å². The van der Waals surface area contributed by atoms with E-state index in [1.54, 1.807) is 0 Å². The minimum Gasteiger partial charge on any atom is -0.399 e. The molecule has 0 bridgehead atoms. The average molecular weight is 354 g/mol. The lowest BCUT2D eigenvalue weighted by Crippen LogP contribution is -2.49. The minimum absolute atomic E-state index is 0.292. The van der Waals surface area contributed by atoms with Gasteiger partial charge in [0.1, 0.15) is 8.07 Å². The van der Waals surface area contributed by atoms with E-state index in [-0.39, 0.29) is 18.3 Å². The third kappa shape index (κ3) is 3.59. The summed E-state index contributed by atoms with van der Waals surface area (Å²) in [5.41, 5.74) is 4.64. The molecule has 4 heteroatoms. The first kappa shape index (κ1) is 18.7. The van der Waals surface area contributed by atoms with E-state index < -0.39 is 8.07 Å². The van der Waals surface area contributed by atoms with Crippen LogP contribution in [0.2, 0.25) is 13.1 Å². The molecular weight excluding hydrogens is 323 g/mol. The van der Waals surface area contributed by atoms with Gasteiger partial charge in [-0.25, -0.2) is 0 Å². The average Bonchev–Trinajstić information content (AvgIpc) is 3.11. The molecule has 0 amide bonds. The normalized spacial score (nSPS) is 22.2. The maximum absolute atomic E-state index is 6.44. The SMILES string of the molecule is CC1(C)OB(C(=C=C2CCCC2)[Si](C)(C)c2ccccc2)OC1(C)C. The largest absolute Gasteiger partial charge is 0.494 e. The van der Waals surface area contributed by atoms with Crippen LogP contribution < -0.4 is 5.19 Å². The molecular formula is C21H31BO2Si. The second-order valence-electron chi connectivity index (χ2n) is 8.93. The lowest BCUT2D eigenvalue weighted by atomic mass is 9.89. The van der Waals surface area contributed by atoms with Gasteiger partial charge >= 0.3 is 7.12 Å². The molecule has 1 saturated heterocycles. The van der Waals surface area contributed by atoms with Gasteiger partial charge in [0.15, 0.2) is 0 Å². The molecule has 1 aliphatic heterocycles. The number of hydrogen-bond acceptors (Lipinski definition) is 2. The summed E-state index contributed by atoms with van der Waals surface area (Å²) in [6.45, 7) is 13.3. The van der Waals surface area contributed by atoms with Crippen LogP contribution in [0.15, 0.2) is 46.7 Å². The van der Waals surface area contributed by atoms with E-state index in [1.165, 1.54) is 41.5 Å². The first-order valence-corrected chi connectivity index (χ1v) is 12.5. The van der Waals surface area contributed by atoms with Crippen molar-refractivity contribution in [1.29, 1.82) is 0 Å². The molecule has 25 heavy (non-hydrogen) atoms. The minimum atomic E-state index is -1.93. The zero-order valence-electron chi connectivity index (χ0n) is 16.6. The van der Waals surface area contributed by atoms with Crippen LogP contribution in [0.5, 0.6) is 0 Å². The second kappa shape index (κ2) is 6.59. The van der Waals surface area contributed by atoms with Crippen molar-refractivity contribution in [2.75, 3.05) is 0 Å². The third-order valence-corrected chi connectivity index (χ3v) is 9.66. The van der Waals surface area contributed by atoms with E-state index in [1.807, 2.05) is 0 Å². The fourth-order valence-electron chi connectivity index (χ4n) is 3.60. The molecule has 1 heterocycles. The predicted octanol–water partition coefficient (Wildman–Crippen LogP) is 4.80. The Morgan fingerprint density at radius 2 is 1.48 bits per heavy atom. The second-order valence-corrected chi connectivity index (χ2v) is 13.3. The molecule has 0 spiro atoms. The Kier molecular flexibility index (Phi) is 4.94. The zero-order chi connectivity index (χ0) is 18.3. The van der Waals surface area contributed by atoms with Gasteiger partial charge in [-0.1, -0.05) is 48.6 Å². The van der Waals surface area contributed by atoms with E-state index in [4.69, 9.17) is 9.31 Å². The molecule has 1 aliphatic carbocycles. The molecule has 1 aromatic rings. The van der Waals surface area contributed by atoms with Gasteiger partial charge in [0, 0.05) is 0 Å². The quantitative estimate of drug-likeness (QED) is 0.573. The van der Waals surface area contributed by atoms with Crippen LogP contribution in [0.1, 0.15) is 53.4 Å². The first-order valence-electron chi connectivity index (χ1n) is 9.54. The maximum Gasteiger partial charge on any atom is 0.494 e. The van der Waals surface area contributed by atoms with Crippen LogP contribution in [0.25, 0.3) is 0 Å². The standard InChI is InChI=1S/C21H31BO2Si/c1-20(2)21(3,4)24-22(23-20)19(16-17-12-10-11-13-17)25(5,6)18-14-8-7-9-15-18/h7-9,14-15H,10-13H2,1-6H3. The van der Waals surface area contributed by atoms with Crippen molar-refractivity contribution in [3.63, 3.8) is 0 Å². The molecule has 2 nitrogen and oxygen atoms in total. The molecule has 0 unspecified atom stereocenters. The van der Waals surface area contributed by atoms with Crippen molar-refractivity contribution in [2.24, 2.45) is 0 Å². The lowest BCUT2D eigenvalue weighted by molar-refractivity contribution is 0.00578. The molecule has 0 radical (unpaired) electrons. The summed E-state index contributed by atoms with van der Waals surface area (Å²) in [6.07, 6.45) is 4.91. The van der Waals surface area contributed by atoms with E-state index in [0.29, 0.717) is 0 Å². The highest BCUT2D eigenvalue weighted by Gasteiger charge is 2.55. The molecule has 0 atom stereocenters. The summed E-state index contributed by atoms with van der Waals surface area (Å²) in [4.78, 5) is 0. The Morgan fingerprint density at radius 3 is 2.00 bits per heavy atom. The van der Waals surface area contributed by atoms with Gasteiger partial charge in [-0.05, 0) is 64.0 Å². The summed E-state index contributed by atoms with van der Waals surface area (Å²) >= 11 is 0. The first-order chi connectivity index (χ1) is 11.6. The molecule has 134 valence electrons. The molecule has 2 aliphatic rings. The lowest BCUT2D eigenvalue weighted by Gasteiger charge is -2.32. The van der Waals surface area contributed by atoms with Gasteiger partial charge in [0.05, 0.1) is 11.2 Å². The Bertz CT molecular complexity index is 676. The Balaban J connectivity index is 2.08. The molecule has 0 N–H and O–H groups in total. The van der Waals surface area contributed by atoms with Crippen molar-refractivity contribution in [2.45, 2.75) is 77.7 Å². The van der Waals surface area contributed by atoms with Gasteiger partial charge in [-0.15, -0.1) is 5.73 Å². The summed E-state index contributed by atoms with van der Waals surface area (Å²) < 4.78 is 12.9. The van der Waals surface area contributed by atoms with E-state index in [2.05, 4.69) is 76.9 Å². The molecule has 1 saturated carbocycles. The van der Waals surface area contributed by atoms with Crippen LogP contribution in [0.3, 0.4) is 0 Å². The van der Waals surface area contributed by atoms with Crippen molar-refractivity contribution in [3.8, 4) is 0 Å². The highest BCUT2D eigenvalue weighted by atomic mass is 28.3. The zero-order valence-corrected chi connectivity index (χ0v) is 17.6. The predicted molar refractivity (Wildman–Crippen MR) is 109 cm³/mol. The third-order valence-electron chi connectivity index (χ3n) is 6.18. The van der Waals surface area contributed by atoms with Gasteiger partial charge in [0.2, 0.25) is 0 Å². The number of hydrogen-bond donors (Lipinski definition) is 0. The summed E-state index contributed by atoms with van der Waals surface area (Å²) in [7, 11) is -2.22. The number of rotatable bonds is 3. The van der Waals surface area contributed by atoms with E-state index >= 15 is 0 Å². The highest BCUT2D eigenvalue weighted by Crippen LogP contribution is 2.40. The Labute approximate surface area is 154 Å². The Hall–Kier alpha value is -1.06. The smallest absolute Gasteiger partial charge is 0.399 e. The van der Waals surface area contributed by atoms with Gasteiger partial charge in [-0.3, -0.25) is 0 Å². The number of allylic oxidation sites excluding steroid dienone is 1. The molecule has 1 aromatic carbocycles. The van der Waals surface area contributed by atoms with Gasteiger partial charge in [0.25, 0.3) is 0 Å². The molecule has 0 aromatic heterocycles. The Morgan fingerprint density at radius 1 is 0.960 bits per heavy atom. The van der Waals surface area contributed by atoms with E-state index in [0.717, 1.165) is 0 Å². The van der Waals surface area contributed by atoms with E-state index in [9.17, 15) is 0 Å². The van der Waals surface area contributed by atoms with Crippen molar-refractivity contribution >= 4 is 20.4 Å². The summed E-state index contributed by atoms with van der Waals surface area (Å²) in [6, 6.07) is 10.8. The number of benzene rings is 1. The monoisotopic (exact) mass is 354 g/mol. The van der Waals surface area contributed by atoms with Crippen LogP contribution in [0.4, 0.5) is 0 Å². The summed E-state index contributed by atoms with van der Waals surface area (Å²) in [5.74, 6) is 0. The fourth-order valence-corrected chi connectivity index (χ4v) is 6.13. The topological polar surface area (TPSA) is 18.5 Å². The van der Waals surface area contributed by atoms with Crippen LogP contribution in [-0.2, 0) is 9.31 Å². The van der Waals surface area contributed by atoms with Gasteiger partial charge < -0.3 is 9.31 Å². The molecule has 2 fully saturated rings. The van der Waals surface area contributed by atoms with Gasteiger partial charge in [-0.2, -0.15) is 0 Å². The van der Waals surface area contributed by atoms with Crippen molar-refractivity contribution in [1.82, 2.24) is 0 Å². The van der Waals surface area contributed by atoms with Crippen molar-refractivity contribution in [3.05, 3.63) is 46.7 Å². The van der Waals surface area contributed by atoms with Crippen LogP contribution in [0, 0.1) is 0 Å². The van der Waals surface area contributed by atoms with Crippen LogP contribution in [-0.4, -0.2) is 26.4 Å². The summed E-state index contributed by atoms with van der Waals surface area (Å²) in [5, 5.41) is 2.67.